The van der Waals surface area contributed by atoms with Gasteiger partial charge in [0.15, 0.2) is 0 Å². The summed E-state index contributed by atoms with van der Waals surface area (Å²) in [6.45, 7) is 4.27. The molecule has 0 unspecified atom stereocenters. The first-order valence-electron chi connectivity index (χ1n) is 8.33. The third-order valence-electron chi connectivity index (χ3n) is 4.35. The quantitative estimate of drug-likeness (QED) is 0.591. The molecule has 0 heterocycles. The lowest BCUT2D eigenvalue weighted by Gasteiger charge is -2.22. The number of hydrogen-bond acceptors (Lipinski definition) is 1. The number of rotatable bonds is 3. The topological polar surface area (TPSA) is 12.4 Å². The van der Waals surface area contributed by atoms with Crippen LogP contribution in [0.3, 0.4) is 0 Å². The van der Waals surface area contributed by atoms with Crippen LogP contribution in [0.5, 0.6) is 0 Å². The molecule has 1 heteroatoms. The fourth-order valence-electron chi connectivity index (χ4n) is 3.10. The molecule has 0 fully saturated rings. The van der Waals surface area contributed by atoms with Gasteiger partial charge in [-0.25, -0.2) is 0 Å². The van der Waals surface area contributed by atoms with Crippen LogP contribution in [-0.4, -0.2) is 6.21 Å². The monoisotopic (exact) mass is 301 g/mol. The molecule has 0 aliphatic heterocycles. The van der Waals surface area contributed by atoms with E-state index in [0.29, 0.717) is 0 Å². The molecule has 0 saturated carbocycles. The molecule has 0 amide bonds. The molecular weight excluding hydrogens is 278 g/mol. The molecule has 116 valence electrons. The van der Waals surface area contributed by atoms with Crippen molar-refractivity contribution in [2.24, 2.45) is 4.99 Å². The molecule has 1 aliphatic carbocycles. The number of aryl methyl sites for hydroxylation is 1. The van der Waals surface area contributed by atoms with Gasteiger partial charge in [-0.15, -0.1) is 0 Å². The van der Waals surface area contributed by atoms with Crippen molar-refractivity contribution in [1.29, 1.82) is 0 Å². The molecule has 0 atom stereocenters. The summed E-state index contributed by atoms with van der Waals surface area (Å²) in [5.41, 5.74) is 7.77. The molecule has 0 spiro atoms. The zero-order valence-corrected chi connectivity index (χ0v) is 13.9. The minimum absolute atomic E-state index is 1.01. The largest absolute Gasteiger partial charge is 0.257 e. The van der Waals surface area contributed by atoms with Crippen LogP contribution >= 0.6 is 0 Å². The predicted molar refractivity (Wildman–Crippen MR) is 100 cm³/mol. The second-order valence-electron chi connectivity index (χ2n) is 6.03. The Bertz CT molecular complexity index is 746. The van der Waals surface area contributed by atoms with E-state index >= 15 is 0 Å². The van der Waals surface area contributed by atoms with Gasteiger partial charge in [0, 0.05) is 6.21 Å². The summed E-state index contributed by atoms with van der Waals surface area (Å²) in [5, 5.41) is 0. The normalized spacial score (nSPS) is 17.2. The van der Waals surface area contributed by atoms with E-state index in [1.54, 1.807) is 0 Å². The van der Waals surface area contributed by atoms with Gasteiger partial charge in [-0.05, 0) is 67.5 Å². The van der Waals surface area contributed by atoms with Gasteiger partial charge in [-0.3, -0.25) is 4.99 Å². The van der Waals surface area contributed by atoms with Crippen LogP contribution in [0.25, 0.3) is 5.57 Å². The average Bonchev–Trinajstić information content (AvgIpc) is 2.61. The van der Waals surface area contributed by atoms with Crippen molar-refractivity contribution >= 4 is 17.5 Å². The molecule has 23 heavy (non-hydrogen) atoms. The van der Waals surface area contributed by atoms with Gasteiger partial charge in [0.1, 0.15) is 0 Å². The van der Waals surface area contributed by atoms with Crippen molar-refractivity contribution in [3.05, 3.63) is 82.9 Å². The molecule has 1 aliphatic rings. The average molecular weight is 301 g/mol. The molecule has 0 N–H and O–H groups in total. The van der Waals surface area contributed by atoms with E-state index in [1.165, 1.54) is 34.3 Å². The summed E-state index contributed by atoms with van der Waals surface area (Å²) in [4.78, 5) is 4.68. The maximum atomic E-state index is 4.68. The summed E-state index contributed by atoms with van der Waals surface area (Å²) in [6.07, 6.45) is 7.77. The van der Waals surface area contributed by atoms with Crippen LogP contribution < -0.4 is 0 Å². The Labute approximate surface area is 139 Å². The highest BCUT2D eigenvalue weighted by molar-refractivity contribution is 5.98. The first-order chi connectivity index (χ1) is 11.3. The second-order valence-corrected chi connectivity index (χ2v) is 6.03. The van der Waals surface area contributed by atoms with E-state index in [2.05, 4.69) is 55.4 Å². The Kier molecular flexibility index (Phi) is 4.87. The number of nitrogens with zero attached hydrogens (tertiary/aromatic N) is 1. The van der Waals surface area contributed by atoms with Gasteiger partial charge in [0.05, 0.1) is 5.69 Å². The smallest absolute Gasteiger partial charge is 0.0629 e. The molecule has 0 aromatic heterocycles. The van der Waals surface area contributed by atoms with Crippen molar-refractivity contribution < 1.29 is 0 Å². The van der Waals surface area contributed by atoms with Crippen LogP contribution in [-0.2, 0) is 0 Å². The van der Waals surface area contributed by atoms with Crippen molar-refractivity contribution in [1.82, 2.24) is 0 Å². The summed E-state index contributed by atoms with van der Waals surface area (Å²) in [6, 6.07) is 19.0. The van der Waals surface area contributed by atoms with Crippen molar-refractivity contribution in [2.45, 2.75) is 33.1 Å². The maximum absolute atomic E-state index is 4.68. The third-order valence-corrected chi connectivity index (χ3v) is 4.35. The first-order valence-corrected chi connectivity index (χ1v) is 8.33. The summed E-state index contributed by atoms with van der Waals surface area (Å²) >= 11 is 0. The lowest BCUT2D eigenvalue weighted by Crippen LogP contribution is -2.04. The number of benzene rings is 2. The number of hydrogen-bond donors (Lipinski definition) is 0. The van der Waals surface area contributed by atoms with E-state index in [4.69, 9.17) is 0 Å². The minimum Gasteiger partial charge on any atom is -0.257 e. The Morgan fingerprint density at radius 2 is 1.65 bits per heavy atom. The molecule has 0 bridgehead atoms. The van der Waals surface area contributed by atoms with Crippen LogP contribution in [0.4, 0.5) is 5.69 Å². The standard InChI is InChI=1S/C22H23N/c1-3-18-8-7-9-20(16-23-21-10-5-4-6-11-21)22(18)19-14-12-17(2)13-15-19/h3-6,10-16H,7-9H2,1-2H3/b18-3+,23-16+. The van der Waals surface area contributed by atoms with E-state index in [9.17, 15) is 0 Å². The number of allylic oxidation sites excluding steroid dienone is 4. The van der Waals surface area contributed by atoms with Crippen LogP contribution in [0.15, 0.2) is 76.8 Å². The highest BCUT2D eigenvalue weighted by Gasteiger charge is 2.17. The van der Waals surface area contributed by atoms with Gasteiger partial charge in [0.25, 0.3) is 0 Å². The molecule has 2 aromatic carbocycles. The molecular formula is C22H23N. The van der Waals surface area contributed by atoms with Gasteiger partial charge in [-0.1, -0.05) is 54.1 Å². The minimum atomic E-state index is 1.01. The fourth-order valence-corrected chi connectivity index (χ4v) is 3.10. The van der Waals surface area contributed by atoms with Gasteiger partial charge in [-0.2, -0.15) is 0 Å². The summed E-state index contributed by atoms with van der Waals surface area (Å²) in [7, 11) is 0. The molecule has 3 rings (SSSR count). The zero-order valence-electron chi connectivity index (χ0n) is 13.9. The third kappa shape index (κ3) is 3.68. The fraction of sp³-hybridized carbons (Fsp3) is 0.227. The lowest BCUT2D eigenvalue weighted by molar-refractivity contribution is 0.813. The Morgan fingerprint density at radius 1 is 0.913 bits per heavy atom. The number of aliphatic imine (C=N–C) groups is 1. The van der Waals surface area contributed by atoms with Gasteiger partial charge in [0.2, 0.25) is 0 Å². The van der Waals surface area contributed by atoms with E-state index in [1.807, 2.05) is 30.3 Å². The van der Waals surface area contributed by atoms with Crippen LogP contribution in [0, 0.1) is 6.92 Å². The highest BCUT2D eigenvalue weighted by Crippen LogP contribution is 2.36. The van der Waals surface area contributed by atoms with Crippen LogP contribution in [0.2, 0.25) is 0 Å². The highest BCUT2D eigenvalue weighted by atomic mass is 14.7. The summed E-state index contributed by atoms with van der Waals surface area (Å²) in [5.74, 6) is 0. The Morgan fingerprint density at radius 3 is 2.35 bits per heavy atom. The first kappa shape index (κ1) is 15.5. The Hall–Kier alpha value is -2.41. The lowest BCUT2D eigenvalue weighted by atomic mass is 9.83. The molecule has 0 radical (unpaired) electrons. The van der Waals surface area contributed by atoms with Crippen LogP contribution in [0.1, 0.15) is 37.3 Å². The predicted octanol–water partition coefficient (Wildman–Crippen LogP) is 6.28. The molecule has 0 saturated heterocycles. The van der Waals surface area contributed by atoms with Gasteiger partial charge < -0.3 is 0 Å². The van der Waals surface area contributed by atoms with Gasteiger partial charge >= 0.3 is 0 Å². The second kappa shape index (κ2) is 7.23. The van der Waals surface area contributed by atoms with E-state index < -0.39 is 0 Å². The SMILES string of the molecule is C/C=C1\CCCC(/C=N/c2ccccc2)=C1c1ccc(C)cc1. The van der Waals surface area contributed by atoms with E-state index in [-0.39, 0.29) is 0 Å². The zero-order chi connectivity index (χ0) is 16.1. The molecule has 1 nitrogen and oxygen atoms in total. The van der Waals surface area contributed by atoms with Crippen molar-refractivity contribution in [2.75, 3.05) is 0 Å². The molecule has 2 aromatic rings. The van der Waals surface area contributed by atoms with E-state index in [0.717, 1.165) is 18.5 Å². The van der Waals surface area contributed by atoms with Crippen molar-refractivity contribution in [3.8, 4) is 0 Å². The number of para-hydroxylation sites is 1. The van der Waals surface area contributed by atoms with Crippen molar-refractivity contribution in [3.63, 3.8) is 0 Å². The maximum Gasteiger partial charge on any atom is 0.0629 e. The Balaban J connectivity index is 2.04. The summed E-state index contributed by atoms with van der Waals surface area (Å²) < 4.78 is 0.